The first-order chi connectivity index (χ1) is 26.5. The van der Waals surface area contributed by atoms with E-state index in [1.165, 1.54) is 0 Å². The molecule has 17 heteroatoms. The summed E-state index contributed by atoms with van der Waals surface area (Å²) < 4.78 is 65.0. The topological polar surface area (TPSA) is 203 Å². The van der Waals surface area contributed by atoms with E-state index in [0.29, 0.717) is 19.3 Å². The molecule has 0 N–H and O–H groups in total. The number of phosphoric ester groups is 1. The molecule has 0 fully saturated rings. The van der Waals surface area contributed by atoms with Gasteiger partial charge in [-0.25, -0.2) is 33.3 Å². The maximum absolute atomic E-state index is 14.9. The van der Waals surface area contributed by atoms with Crippen LogP contribution in [0.3, 0.4) is 0 Å². The fourth-order valence-corrected chi connectivity index (χ4v) is 6.59. The molecule has 0 aliphatic rings. The number of esters is 6. The zero-order valence-corrected chi connectivity index (χ0v) is 33.7. The van der Waals surface area contributed by atoms with E-state index in [4.69, 9.17) is 42.0 Å². The van der Waals surface area contributed by atoms with E-state index in [9.17, 15) is 33.3 Å². The van der Waals surface area contributed by atoms with Crippen molar-refractivity contribution in [3.8, 4) is 0 Å². The molecule has 0 atom stereocenters. The highest BCUT2D eigenvalue weighted by Gasteiger charge is 2.44. The Morgan fingerprint density at radius 1 is 0.393 bits per heavy atom. The molecule has 0 amide bonds. The van der Waals surface area contributed by atoms with E-state index < -0.39 is 79.7 Å². The Morgan fingerprint density at radius 2 is 0.571 bits per heavy atom. The van der Waals surface area contributed by atoms with Crippen LogP contribution in [-0.2, 0) is 75.3 Å². The van der Waals surface area contributed by atoms with E-state index in [1.54, 1.807) is 20.8 Å². The van der Waals surface area contributed by atoms with Crippen molar-refractivity contribution in [1.29, 1.82) is 0 Å². The first-order valence-electron chi connectivity index (χ1n) is 17.8. The van der Waals surface area contributed by atoms with Gasteiger partial charge in [-0.1, -0.05) is 79.5 Å². The summed E-state index contributed by atoms with van der Waals surface area (Å²) in [5, 5.41) is 0. The molecule has 0 aliphatic carbocycles. The molecule has 0 rings (SSSR count). The van der Waals surface area contributed by atoms with E-state index >= 15 is 0 Å². The van der Waals surface area contributed by atoms with Crippen molar-refractivity contribution in [2.75, 3.05) is 59.5 Å². The summed E-state index contributed by atoms with van der Waals surface area (Å²) in [5.41, 5.74) is -3.98. The van der Waals surface area contributed by atoms with Gasteiger partial charge in [-0.15, -0.1) is 0 Å². The van der Waals surface area contributed by atoms with E-state index in [2.05, 4.69) is 39.5 Å². The smallest absolute Gasteiger partial charge is 0.462 e. The molecule has 0 bridgehead atoms. The third-order valence-electron chi connectivity index (χ3n) is 8.05. The van der Waals surface area contributed by atoms with Gasteiger partial charge in [0.05, 0.1) is 36.1 Å². The first-order valence-corrected chi connectivity index (χ1v) is 19.3. The maximum atomic E-state index is 14.9. The van der Waals surface area contributed by atoms with Gasteiger partial charge in [0.25, 0.3) is 0 Å². The molecule has 0 aromatic heterocycles. The summed E-state index contributed by atoms with van der Waals surface area (Å²) in [4.78, 5) is 72.9. The highest BCUT2D eigenvalue weighted by atomic mass is 31.2. The van der Waals surface area contributed by atoms with Gasteiger partial charge in [0.2, 0.25) is 0 Å². The Balaban J connectivity index is 7.31. The number of rotatable bonds is 33. The summed E-state index contributed by atoms with van der Waals surface area (Å²) in [7, 11) is -4.87. The zero-order chi connectivity index (χ0) is 42.7. The summed E-state index contributed by atoms with van der Waals surface area (Å²) in [6.45, 7) is 21.8. The van der Waals surface area contributed by atoms with Gasteiger partial charge in [-0.3, -0.25) is 13.6 Å². The lowest BCUT2D eigenvalue weighted by Gasteiger charge is -2.37. The van der Waals surface area contributed by atoms with Crippen LogP contribution in [0, 0.1) is 16.2 Å². The minimum atomic E-state index is -4.87. The van der Waals surface area contributed by atoms with Crippen molar-refractivity contribution in [1.82, 2.24) is 0 Å². The van der Waals surface area contributed by atoms with Gasteiger partial charge in [0, 0.05) is 36.5 Å². The number of hydrogen-bond donors (Lipinski definition) is 0. The number of phosphoric acid groups is 1. The number of carbonyl (C=O) groups is 6. The molecule has 0 radical (unpaired) electrons. The van der Waals surface area contributed by atoms with Crippen LogP contribution in [0.2, 0.25) is 0 Å². The molecule has 0 spiro atoms. The normalized spacial score (nSPS) is 11.6. The van der Waals surface area contributed by atoms with Gasteiger partial charge in [0.1, 0.15) is 39.6 Å². The highest BCUT2D eigenvalue weighted by molar-refractivity contribution is 7.48. The van der Waals surface area contributed by atoms with E-state index in [0.717, 1.165) is 36.5 Å². The van der Waals surface area contributed by atoms with Crippen LogP contribution in [-0.4, -0.2) is 95.3 Å². The zero-order valence-electron chi connectivity index (χ0n) is 32.8. The number of ether oxygens (including phenoxy) is 6. The lowest BCUT2D eigenvalue weighted by molar-refractivity contribution is -0.151. The molecule has 0 saturated heterocycles. The van der Waals surface area contributed by atoms with Crippen molar-refractivity contribution < 1.29 is 75.3 Å². The minimum absolute atomic E-state index is 0.200. The maximum Gasteiger partial charge on any atom is 0.474 e. The molecule has 0 saturated carbocycles. The molecular formula is C39H57O16P. The molecule has 16 nitrogen and oxygen atoms in total. The Kier molecular flexibility index (Phi) is 24.8. The second-order valence-electron chi connectivity index (χ2n) is 12.9. The summed E-state index contributed by atoms with van der Waals surface area (Å²) >= 11 is 0. The Hall–Kier alpha value is -4.63. The Labute approximate surface area is 329 Å². The predicted molar refractivity (Wildman–Crippen MR) is 204 cm³/mol. The van der Waals surface area contributed by atoms with Crippen molar-refractivity contribution in [2.45, 2.75) is 59.3 Å². The van der Waals surface area contributed by atoms with Crippen molar-refractivity contribution >= 4 is 43.6 Å². The van der Waals surface area contributed by atoms with E-state index in [-0.39, 0.29) is 58.9 Å². The quantitative estimate of drug-likeness (QED) is 0.0329. The Bertz CT molecular complexity index is 1190. The van der Waals surface area contributed by atoms with Crippen LogP contribution < -0.4 is 0 Å². The van der Waals surface area contributed by atoms with Crippen molar-refractivity contribution in [3.63, 3.8) is 0 Å². The first kappa shape index (κ1) is 51.4. The largest absolute Gasteiger partial charge is 0.474 e. The molecule has 0 aliphatic heterocycles. The standard InChI is InChI=1S/C39H57O16P/c1-10-19-37(22-47-31(40)13-4,23-48-32(41)14-5)28-53-56(46,54-29-38(20-11-2,24-49-33(42)15-6)25-50-34(43)16-7)55-30-39(21-12-3,26-51-35(44)17-8)27-52-36(45)18-9/h13-18H,4-12,19-30H2,1-3H3. The van der Waals surface area contributed by atoms with Gasteiger partial charge in [0.15, 0.2) is 0 Å². The molecule has 0 unspecified atom stereocenters. The minimum Gasteiger partial charge on any atom is -0.462 e. The van der Waals surface area contributed by atoms with Crippen LogP contribution in [0.1, 0.15) is 59.3 Å². The SMILES string of the molecule is C=CC(=O)OCC(CCC)(COC(=O)C=C)COP(=O)(OCC(CCC)(COC(=O)C=C)COC(=O)C=C)OCC(CCC)(COC(=O)C=C)COC(=O)C=C. The second kappa shape index (κ2) is 27.0. The lowest BCUT2D eigenvalue weighted by Crippen LogP contribution is -2.41. The molecule has 0 aromatic rings. The van der Waals surface area contributed by atoms with Crippen LogP contribution in [0.15, 0.2) is 75.9 Å². The average Bonchev–Trinajstić information content (AvgIpc) is 3.21. The van der Waals surface area contributed by atoms with Crippen LogP contribution >= 0.6 is 7.82 Å². The van der Waals surface area contributed by atoms with Crippen molar-refractivity contribution in [3.05, 3.63) is 75.9 Å². The molecule has 0 aromatic carbocycles. The fraction of sp³-hybridized carbons (Fsp3) is 0.538. The molecule has 314 valence electrons. The summed E-state index contributed by atoms with van der Waals surface area (Å²) in [5.74, 6) is -4.77. The third-order valence-corrected chi connectivity index (χ3v) is 9.39. The monoisotopic (exact) mass is 812 g/mol. The van der Waals surface area contributed by atoms with Crippen LogP contribution in [0.25, 0.3) is 0 Å². The number of carbonyl (C=O) groups excluding carboxylic acids is 6. The lowest BCUT2D eigenvalue weighted by atomic mass is 9.86. The molecule has 0 heterocycles. The predicted octanol–water partition coefficient (Wildman–Crippen LogP) is 5.88. The second-order valence-corrected chi connectivity index (χ2v) is 14.6. The third kappa shape index (κ3) is 19.8. The average molecular weight is 813 g/mol. The van der Waals surface area contributed by atoms with E-state index in [1.807, 2.05) is 0 Å². The van der Waals surface area contributed by atoms with Crippen LogP contribution in [0.4, 0.5) is 0 Å². The van der Waals surface area contributed by atoms with Gasteiger partial charge < -0.3 is 28.4 Å². The van der Waals surface area contributed by atoms with Crippen molar-refractivity contribution in [2.24, 2.45) is 16.2 Å². The fourth-order valence-electron chi connectivity index (χ4n) is 5.07. The highest BCUT2D eigenvalue weighted by Crippen LogP contribution is 2.54. The number of hydrogen-bond acceptors (Lipinski definition) is 16. The van der Waals surface area contributed by atoms with Gasteiger partial charge in [-0.2, -0.15) is 0 Å². The molecular weight excluding hydrogens is 755 g/mol. The summed E-state index contributed by atoms with van der Waals surface area (Å²) in [6.07, 6.45) is 7.52. The van der Waals surface area contributed by atoms with Gasteiger partial charge >= 0.3 is 43.6 Å². The van der Waals surface area contributed by atoms with Gasteiger partial charge in [-0.05, 0) is 19.3 Å². The summed E-state index contributed by atoms with van der Waals surface area (Å²) in [6, 6.07) is 0. The Morgan fingerprint density at radius 3 is 0.714 bits per heavy atom. The van der Waals surface area contributed by atoms with Crippen LogP contribution in [0.5, 0.6) is 0 Å². The molecule has 56 heavy (non-hydrogen) atoms.